The Morgan fingerprint density at radius 2 is 1.96 bits per heavy atom. The molecule has 1 saturated heterocycles. The largest absolute Gasteiger partial charge is 0.366 e. The third-order valence-corrected chi connectivity index (χ3v) is 6.08. The second-order valence-electron chi connectivity index (χ2n) is 5.65. The van der Waals surface area contributed by atoms with Gasteiger partial charge in [0.1, 0.15) is 11.9 Å². The molecule has 1 heterocycles. The number of benzene rings is 2. The fourth-order valence-electron chi connectivity index (χ4n) is 2.54. The zero-order valence-electron chi connectivity index (χ0n) is 13.6. The van der Waals surface area contributed by atoms with Crippen molar-refractivity contribution in [2.45, 2.75) is 11.0 Å². The van der Waals surface area contributed by atoms with E-state index in [0.29, 0.717) is 0 Å². The molecule has 1 amide bonds. The number of hydrogen-bond donors (Lipinski definition) is 1. The minimum Gasteiger partial charge on any atom is -0.366 e. The van der Waals surface area contributed by atoms with E-state index in [2.05, 4.69) is 5.32 Å². The Morgan fingerprint density at radius 1 is 1.23 bits per heavy atom. The van der Waals surface area contributed by atoms with Crippen molar-refractivity contribution in [1.29, 1.82) is 0 Å². The van der Waals surface area contributed by atoms with Gasteiger partial charge in [0.05, 0.1) is 16.5 Å². The molecule has 1 aliphatic heterocycles. The van der Waals surface area contributed by atoms with Crippen LogP contribution in [-0.2, 0) is 19.6 Å². The number of amides is 1. The van der Waals surface area contributed by atoms with Crippen LogP contribution in [0.1, 0.15) is 0 Å². The third kappa shape index (κ3) is 4.04. The molecule has 0 bridgehead atoms. The summed E-state index contributed by atoms with van der Waals surface area (Å²) in [5, 5.41) is 2.45. The zero-order chi connectivity index (χ0) is 18.7. The van der Waals surface area contributed by atoms with E-state index in [9.17, 15) is 17.6 Å². The highest BCUT2D eigenvalue weighted by atomic mass is 35.5. The summed E-state index contributed by atoms with van der Waals surface area (Å²) < 4.78 is 45.4. The van der Waals surface area contributed by atoms with Crippen molar-refractivity contribution in [3.63, 3.8) is 0 Å². The van der Waals surface area contributed by atoms with Crippen LogP contribution in [-0.4, -0.2) is 44.4 Å². The predicted molar refractivity (Wildman–Crippen MR) is 95.0 cm³/mol. The Hall–Kier alpha value is -2.00. The lowest BCUT2D eigenvalue weighted by Crippen LogP contribution is -2.49. The van der Waals surface area contributed by atoms with E-state index in [1.807, 2.05) is 0 Å². The number of morpholine rings is 1. The maximum atomic E-state index is 13.5. The van der Waals surface area contributed by atoms with Gasteiger partial charge in [-0.25, -0.2) is 12.8 Å². The van der Waals surface area contributed by atoms with Crippen LogP contribution in [0.2, 0.25) is 5.02 Å². The van der Waals surface area contributed by atoms with Gasteiger partial charge in [-0.3, -0.25) is 4.79 Å². The van der Waals surface area contributed by atoms with Crippen LogP contribution in [0.5, 0.6) is 0 Å². The SMILES string of the molecule is O=C(Nc1ccc(Cl)c(F)c1)C1CN(S(=O)(=O)c2ccccc2)CCO1. The van der Waals surface area contributed by atoms with Crippen LogP contribution < -0.4 is 5.32 Å². The predicted octanol–water partition coefficient (Wildman–Crippen LogP) is 2.51. The number of carbonyl (C=O) groups is 1. The second-order valence-corrected chi connectivity index (χ2v) is 8.00. The van der Waals surface area contributed by atoms with E-state index >= 15 is 0 Å². The molecule has 1 aliphatic rings. The van der Waals surface area contributed by atoms with Crippen molar-refractivity contribution >= 4 is 33.2 Å². The normalized spacial score (nSPS) is 18.5. The molecule has 0 spiro atoms. The maximum absolute atomic E-state index is 13.5. The first-order valence-corrected chi connectivity index (χ1v) is 9.62. The highest BCUT2D eigenvalue weighted by molar-refractivity contribution is 7.89. The van der Waals surface area contributed by atoms with Crippen LogP contribution in [0.4, 0.5) is 10.1 Å². The van der Waals surface area contributed by atoms with E-state index < -0.39 is 27.9 Å². The van der Waals surface area contributed by atoms with Gasteiger partial charge < -0.3 is 10.1 Å². The number of halogens is 2. The van der Waals surface area contributed by atoms with Gasteiger partial charge in [0.2, 0.25) is 10.0 Å². The summed E-state index contributed by atoms with van der Waals surface area (Å²) in [6.45, 7) is 0.106. The van der Waals surface area contributed by atoms with E-state index in [1.165, 1.54) is 28.6 Å². The first kappa shape index (κ1) is 18.8. The molecule has 9 heteroatoms. The number of carbonyl (C=O) groups excluding carboxylic acids is 1. The van der Waals surface area contributed by atoms with E-state index in [0.717, 1.165) is 6.07 Å². The molecule has 0 aliphatic carbocycles. The molecule has 138 valence electrons. The number of nitrogens with one attached hydrogen (secondary N) is 1. The van der Waals surface area contributed by atoms with Crippen molar-refractivity contribution in [2.24, 2.45) is 0 Å². The van der Waals surface area contributed by atoms with Crippen molar-refractivity contribution in [1.82, 2.24) is 4.31 Å². The Labute approximate surface area is 155 Å². The van der Waals surface area contributed by atoms with Crippen LogP contribution in [0.15, 0.2) is 53.4 Å². The first-order valence-electron chi connectivity index (χ1n) is 7.80. The van der Waals surface area contributed by atoms with Gasteiger partial charge in [-0.1, -0.05) is 29.8 Å². The molecule has 0 saturated carbocycles. The Bertz CT molecular complexity index is 908. The quantitative estimate of drug-likeness (QED) is 0.858. The summed E-state index contributed by atoms with van der Waals surface area (Å²) >= 11 is 5.61. The topological polar surface area (TPSA) is 75.7 Å². The molecule has 6 nitrogen and oxygen atoms in total. The highest BCUT2D eigenvalue weighted by Gasteiger charge is 2.34. The van der Waals surface area contributed by atoms with E-state index in [-0.39, 0.29) is 35.3 Å². The summed E-state index contributed by atoms with van der Waals surface area (Å²) in [6.07, 6.45) is -0.999. The average Bonchev–Trinajstić information content (AvgIpc) is 2.65. The van der Waals surface area contributed by atoms with Crippen LogP contribution in [0.25, 0.3) is 0 Å². The minimum atomic E-state index is -3.72. The summed E-state index contributed by atoms with van der Waals surface area (Å²) in [5.41, 5.74) is 0.212. The van der Waals surface area contributed by atoms with Gasteiger partial charge in [-0.15, -0.1) is 0 Å². The molecule has 26 heavy (non-hydrogen) atoms. The fourth-order valence-corrected chi connectivity index (χ4v) is 4.10. The van der Waals surface area contributed by atoms with Crippen LogP contribution in [0, 0.1) is 5.82 Å². The summed E-state index contributed by atoms with van der Waals surface area (Å²) in [4.78, 5) is 12.5. The lowest BCUT2D eigenvalue weighted by molar-refractivity contribution is -0.130. The van der Waals surface area contributed by atoms with Gasteiger partial charge in [-0.05, 0) is 30.3 Å². The van der Waals surface area contributed by atoms with Gasteiger partial charge in [-0.2, -0.15) is 4.31 Å². The Balaban J connectivity index is 1.71. The molecular weight excluding hydrogens is 383 g/mol. The third-order valence-electron chi connectivity index (χ3n) is 3.89. The number of rotatable bonds is 4. The van der Waals surface area contributed by atoms with E-state index in [1.54, 1.807) is 18.2 Å². The van der Waals surface area contributed by atoms with Gasteiger partial charge in [0.15, 0.2) is 0 Å². The Morgan fingerprint density at radius 3 is 2.65 bits per heavy atom. The monoisotopic (exact) mass is 398 g/mol. The second kappa shape index (κ2) is 7.71. The Kier molecular flexibility index (Phi) is 5.57. The first-order chi connectivity index (χ1) is 12.4. The summed E-state index contributed by atoms with van der Waals surface area (Å²) in [5.74, 6) is -1.22. The average molecular weight is 399 g/mol. The van der Waals surface area contributed by atoms with Gasteiger partial charge in [0, 0.05) is 18.8 Å². The van der Waals surface area contributed by atoms with E-state index in [4.69, 9.17) is 16.3 Å². The van der Waals surface area contributed by atoms with Crippen molar-refractivity contribution < 1.29 is 22.3 Å². The van der Waals surface area contributed by atoms with Gasteiger partial charge >= 0.3 is 0 Å². The molecule has 3 rings (SSSR count). The van der Waals surface area contributed by atoms with Crippen molar-refractivity contribution in [3.8, 4) is 0 Å². The lowest BCUT2D eigenvalue weighted by Gasteiger charge is -2.31. The van der Waals surface area contributed by atoms with Crippen LogP contribution >= 0.6 is 11.6 Å². The standard InChI is InChI=1S/C17H16ClFN2O4S/c18-14-7-6-12(10-15(14)19)20-17(22)16-11-21(8-9-25-16)26(23,24)13-4-2-1-3-5-13/h1-7,10,16H,8-9,11H2,(H,20,22). The minimum absolute atomic E-state index is 0.0583. The molecule has 1 atom stereocenters. The van der Waals surface area contributed by atoms with Crippen molar-refractivity contribution in [2.75, 3.05) is 25.0 Å². The summed E-state index contributed by atoms with van der Waals surface area (Å²) in [7, 11) is -3.72. The summed E-state index contributed by atoms with van der Waals surface area (Å²) in [6, 6.07) is 11.8. The molecular formula is C17H16ClFN2O4S. The molecule has 2 aromatic rings. The molecule has 1 unspecified atom stereocenters. The smallest absolute Gasteiger partial charge is 0.254 e. The molecule has 0 aromatic heterocycles. The number of hydrogen-bond acceptors (Lipinski definition) is 4. The molecule has 1 fully saturated rings. The number of anilines is 1. The number of nitrogens with zero attached hydrogens (tertiary/aromatic N) is 1. The van der Waals surface area contributed by atoms with Crippen molar-refractivity contribution in [3.05, 3.63) is 59.4 Å². The zero-order valence-corrected chi connectivity index (χ0v) is 15.1. The highest BCUT2D eigenvalue weighted by Crippen LogP contribution is 2.21. The number of sulfonamides is 1. The fraction of sp³-hybridized carbons (Fsp3) is 0.235. The molecule has 1 N–H and O–H groups in total. The maximum Gasteiger partial charge on any atom is 0.254 e. The molecule has 2 aromatic carbocycles. The molecule has 0 radical (unpaired) electrons. The lowest BCUT2D eigenvalue weighted by atomic mass is 10.2. The van der Waals surface area contributed by atoms with Crippen LogP contribution in [0.3, 0.4) is 0 Å². The van der Waals surface area contributed by atoms with Gasteiger partial charge in [0.25, 0.3) is 5.91 Å². The number of ether oxygens (including phenoxy) is 1.